The molecule has 208 valence electrons. The number of hydrogen-bond donors (Lipinski definition) is 4. The van der Waals surface area contributed by atoms with Gasteiger partial charge >= 0.3 is 0 Å². The van der Waals surface area contributed by atoms with Crippen molar-refractivity contribution in [3.63, 3.8) is 0 Å². The third kappa shape index (κ3) is 4.94. The lowest BCUT2D eigenvalue weighted by molar-refractivity contribution is -0.0451. The van der Waals surface area contributed by atoms with Crippen molar-refractivity contribution in [2.24, 2.45) is 7.05 Å². The van der Waals surface area contributed by atoms with E-state index in [2.05, 4.69) is 44.6 Å². The molecule has 1 aliphatic carbocycles. The minimum Gasteiger partial charge on any atom is -0.387 e. The van der Waals surface area contributed by atoms with E-state index < -0.39 is 24.5 Å². The van der Waals surface area contributed by atoms with Crippen molar-refractivity contribution < 1.29 is 19.5 Å². The molecule has 0 spiro atoms. The normalized spacial score (nSPS) is 23.2. The van der Waals surface area contributed by atoms with Crippen LogP contribution in [0, 0.1) is 0 Å². The summed E-state index contributed by atoms with van der Waals surface area (Å²) in [6.45, 7) is 4.82. The Morgan fingerprint density at radius 1 is 1.10 bits per heavy atom. The van der Waals surface area contributed by atoms with Crippen LogP contribution in [-0.4, -0.2) is 74.2 Å². The van der Waals surface area contributed by atoms with Crippen LogP contribution in [0.3, 0.4) is 0 Å². The molecular formula is C25H34N10O4. The fourth-order valence-electron chi connectivity index (χ4n) is 4.86. The summed E-state index contributed by atoms with van der Waals surface area (Å²) in [6, 6.07) is 0.202. The van der Waals surface area contributed by atoms with E-state index in [-0.39, 0.29) is 11.9 Å². The highest BCUT2D eigenvalue weighted by Gasteiger charge is 2.48. The molecule has 14 nitrogen and oxygen atoms in total. The van der Waals surface area contributed by atoms with Gasteiger partial charge in [-0.3, -0.25) is 4.57 Å². The van der Waals surface area contributed by atoms with Crippen LogP contribution < -0.4 is 10.6 Å². The maximum atomic E-state index is 11.0. The number of aliphatic hydroxyl groups is 2. The van der Waals surface area contributed by atoms with E-state index >= 15 is 0 Å². The number of hydrogen-bond acceptors (Lipinski definition) is 12. The summed E-state index contributed by atoms with van der Waals surface area (Å²) in [5.74, 6) is 2.06. The Bertz CT molecular complexity index is 1430. The van der Waals surface area contributed by atoms with E-state index in [1.54, 1.807) is 17.2 Å². The second-order valence-electron chi connectivity index (χ2n) is 10.2. The van der Waals surface area contributed by atoms with Crippen molar-refractivity contribution in [2.45, 2.75) is 82.5 Å². The smallest absolute Gasteiger partial charge is 0.258 e. The van der Waals surface area contributed by atoms with E-state index in [0.29, 0.717) is 41.2 Å². The summed E-state index contributed by atoms with van der Waals surface area (Å²) in [4.78, 5) is 22.6. The van der Waals surface area contributed by atoms with Crippen molar-refractivity contribution in [1.82, 2.24) is 39.2 Å². The Morgan fingerprint density at radius 2 is 1.92 bits per heavy atom. The summed E-state index contributed by atoms with van der Waals surface area (Å²) in [6.07, 6.45) is 5.27. The van der Waals surface area contributed by atoms with Gasteiger partial charge in [0.1, 0.15) is 12.2 Å². The molecule has 1 saturated carbocycles. The Labute approximate surface area is 224 Å². The molecule has 0 aromatic carbocycles. The van der Waals surface area contributed by atoms with Crippen LogP contribution in [-0.2, 0) is 18.2 Å². The number of rotatable bonds is 11. The number of aliphatic hydroxyl groups excluding tert-OH is 2. The van der Waals surface area contributed by atoms with Crippen LogP contribution in [0.2, 0.25) is 0 Å². The molecule has 0 bridgehead atoms. The SMILES string of the molecule is CCC(CC)Nc1nc(NCCc2cncn2C)nc2c1ncn2C1O[C@H](c2nc(C3CC3)no2)[C@@H](O)[C@H]1O. The highest BCUT2D eigenvalue weighted by atomic mass is 16.6. The number of imidazole rings is 2. The molecule has 5 heterocycles. The first-order valence-electron chi connectivity index (χ1n) is 13.5. The third-order valence-corrected chi connectivity index (χ3v) is 7.48. The van der Waals surface area contributed by atoms with Crippen molar-refractivity contribution in [1.29, 1.82) is 0 Å². The van der Waals surface area contributed by atoms with Gasteiger partial charge in [0.25, 0.3) is 5.89 Å². The van der Waals surface area contributed by atoms with Crippen LogP contribution in [0.25, 0.3) is 11.2 Å². The van der Waals surface area contributed by atoms with Gasteiger partial charge < -0.3 is 34.7 Å². The first-order valence-corrected chi connectivity index (χ1v) is 13.5. The van der Waals surface area contributed by atoms with Crippen LogP contribution in [0.5, 0.6) is 0 Å². The number of anilines is 2. The molecular weight excluding hydrogens is 504 g/mol. The van der Waals surface area contributed by atoms with E-state index in [0.717, 1.165) is 37.8 Å². The molecule has 2 aliphatic rings. The molecule has 4 aromatic rings. The van der Waals surface area contributed by atoms with Crippen molar-refractivity contribution in [2.75, 3.05) is 17.2 Å². The topological polar surface area (TPSA) is 174 Å². The average molecular weight is 539 g/mol. The zero-order chi connectivity index (χ0) is 27.1. The van der Waals surface area contributed by atoms with Crippen LogP contribution in [0.1, 0.15) is 75.2 Å². The molecule has 4 aromatic heterocycles. The number of nitrogens with zero attached hydrogens (tertiary/aromatic N) is 8. The second kappa shape index (κ2) is 10.5. The molecule has 39 heavy (non-hydrogen) atoms. The van der Waals surface area contributed by atoms with Gasteiger partial charge in [-0.1, -0.05) is 19.0 Å². The van der Waals surface area contributed by atoms with Gasteiger partial charge in [-0.15, -0.1) is 0 Å². The summed E-state index contributed by atoms with van der Waals surface area (Å²) in [7, 11) is 1.96. The maximum Gasteiger partial charge on any atom is 0.258 e. The summed E-state index contributed by atoms with van der Waals surface area (Å²) >= 11 is 0. The predicted octanol–water partition coefficient (Wildman–Crippen LogP) is 2.07. The van der Waals surface area contributed by atoms with Crippen molar-refractivity contribution >= 4 is 22.9 Å². The quantitative estimate of drug-likeness (QED) is 0.219. The Morgan fingerprint density at radius 3 is 2.64 bits per heavy atom. The zero-order valence-electron chi connectivity index (χ0n) is 22.2. The molecule has 0 radical (unpaired) electrons. The predicted molar refractivity (Wildman–Crippen MR) is 140 cm³/mol. The van der Waals surface area contributed by atoms with Gasteiger partial charge in [0.2, 0.25) is 5.95 Å². The van der Waals surface area contributed by atoms with Gasteiger partial charge in [0, 0.05) is 43.9 Å². The third-order valence-electron chi connectivity index (χ3n) is 7.48. The van der Waals surface area contributed by atoms with E-state index in [1.165, 1.54) is 0 Å². The van der Waals surface area contributed by atoms with Crippen LogP contribution >= 0.6 is 0 Å². The van der Waals surface area contributed by atoms with Gasteiger partial charge in [-0.25, -0.2) is 9.97 Å². The lowest BCUT2D eigenvalue weighted by atomic mass is 10.1. The first-order chi connectivity index (χ1) is 19.0. The largest absolute Gasteiger partial charge is 0.387 e. The number of nitrogens with one attached hydrogen (secondary N) is 2. The number of ether oxygens (including phenoxy) is 1. The standard InChI is InChI=1S/C25H34N10O4/c1-4-14(5-2)29-21-16-22(32-25(31-21)27-9-8-15-10-26-11-34(15)3)35(12-28-16)24-18(37)17(36)19(38-24)23-30-20(33-39-23)13-6-7-13/h10-14,17-19,24,36-37H,4-9H2,1-3H3,(H2,27,29,31,32)/t17-,18+,19-,24?/m0/s1. The summed E-state index contributed by atoms with van der Waals surface area (Å²) < 4.78 is 15.1. The zero-order valence-corrected chi connectivity index (χ0v) is 22.2. The van der Waals surface area contributed by atoms with E-state index in [4.69, 9.17) is 19.2 Å². The van der Waals surface area contributed by atoms with E-state index in [9.17, 15) is 10.2 Å². The molecule has 0 amide bonds. The fourth-order valence-corrected chi connectivity index (χ4v) is 4.86. The van der Waals surface area contributed by atoms with Crippen LogP contribution in [0.4, 0.5) is 11.8 Å². The molecule has 6 rings (SSSR count). The first kappa shape index (κ1) is 25.6. The monoisotopic (exact) mass is 538 g/mol. The van der Waals surface area contributed by atoms with Gasteiger partial charge in [0.05, 0.1) is 12.7 Å². The second-order valence-corrected chi connectivity index (χ2v) is 10.2. The molecule has 1 aliphatic heterocycles. The lowest BCUT2D eigenvalue weighted by Crippen LogP contribution is -2.29. The fraction of sp³-hybridized carbons (Fsp3) is 0.600. The highest BCUT2D eigenvalue weighted by Crippen LogP contribution is 2.42. The Kier molecular flexibility index (Phi) is 6.91. The summed E-state index contributed by atoms with van der Waals surface area (Å²) in [5.41, 5.74) is 2.08. The molecule has 4 N–H and O–H groups in total. The molecule has 2 fully saturated rings. The Balaban J connectivity index is 1.29. The van der Waals surface area contributed by atoms with Crippen molar-refractivity contribution in [3.05, 3.63) is 36.3 Å². The summed E-state index contributed by atoms with van der Waals surface area (Å²) in [5, 5.41) is 32.6. The van der Waals surface area contributed by atoms with Gasteiger partial charge in [-0.05, 0) is 25.7 Å². The molecule has 1 unspecified atom stereocenters. The molecule has 1 saturated heterocycles. The average Bonchev–Trinajstić information content (AvgIpc) is 3.22. The minimum atomic E-state index is -1.27. The van der Waals surface area contributed by atoms with Gasteiger partial charge in [-0.2, -0.15) is 15.0 Å². The highest BCUT2D eigenvalue weighted by molar-refractivity contribution is 5.84. The van der Waals surface area contributed by atoms with E-state index in [1.807, 2.05) is 17.8 Å². The van der Waals surface area contributed by atoms with Crippen LogP contribution in [0.15, 0.2) is 23.4 Å². The van der Waals surface area contributed by atoms with Gasteiger partial charge in [0.15, 0.2) is 35.1 Å². The Hall–Kier alpha value is -3.62. The number of aryl methyl sites for hydroxylation is 1. The number of aromatic nitrogens is 8. The van der Waals surface area contributed by atoms with Crippen molar-refractivity contribution in [3.8, 4) is 0 Å². The minimum absolute atomic E-state index is 0.151. The number of fused-ring (bicyclic) bond motifs is 1. The maximum absolute atomic E-state index is 11.0. The molecule has 4 atom stereocenters. The molecule has 14 heteroatoms. The lowest BCUT2D eigenvalue weighted by Gasteiger charge is -2.18.